The van der Waals surface area contributed by atoms with Crippen molar-refractivity contribution in [1.29, 1.82) is 0 Å². The number of piperidine rings is 1. The van der Waals surface area contributed by atoms with Crippen LogP contribution in [0.25, 0.3) is 0 Å². The highest BCUT2D eigenvalue weighted by molar-refractivity contribution is 5.33. The lowest BCUT2D eigenvalue weighted by atomic mass is 9.81. The molecular weight excluding hydrogens is 232 g/mol. The zero-order chi connectivity index (χ0) is 13.4. The van der Waals surface area contributed by atoms with Crippen LogP contribution in [-0.4, -0.2) is 23.5 Å². The molecule has 19 heavy (non-hydrogen) atoms. The normalized spacial score (nSPS) is 35.9. The Balaban J connectivity index is 1.83. The molecule has 0 spiro atoms. The number of fused-ring (bicyclic) bond motifs is 1. The molecule has 1 aliphatic heterocycles. The van der Waals surface area contributed by atoms with Crippen molar-refractivity contribution in [2.45, 2.75) is 57.7 Å². The first-order chi connectivity index (χ1) is 9.18. The number of benzene rings is 1. The molecule has 0 saturated carbocycles. The number of aryl methyl sites for hydroxylation is 1. The molecule has 1 aromatic rings. The average Bonchev–Trinajstić information content (AvgIpc) is 2.43. The Labute approximate surface area is 117 Å². The smallest absolute Gasteiger partial charge is 0.0456 e. The third-order valence-electron chi connectivity index (χ3n) is 5.39. The summed E-state index contributed by atoms with van der Waals surface area (Å²) >= 11 is 0. The molecule has 2 heteroatoms. The molecular formula is C17H26N2. The molecule has 3 rings (SSSR count). The van der Waals surface area contributed by atoms with E-state index in [9.17, 15) is 0 Å². The van der Waals surface area contributed by atoms with Gasteiger partial charge in [-0.3, -0.25) is 4.90 Å². The van der Waals surface area contributed by atoms with Gasteiger partial charge in [0.05, 0.1) is 0 Å². The van der Waals surface area contributed by atoms with Crippen LogP contribution in [0.3, 0.4) is 0 Å². The highest BCUT2D eigenvalue weighted by Crippen LogP contribution is 2.35. The Morgan fingerprint density at radius 1 is 1.16 bits per heavy atom. The van der Waals surface area contributed by atoms with E-state index in [0.29, 0.717) is 12.1 Å². The molecule has 0 radical (unpaired) electrons. The van der Waals surface area contributed by atoms with Gasteiger partial charge >= 0.3 is 0 Å². The van der Waals surface area contributed by atoms with Crippen LogP contribution < -0.4 is 5.73 Å². The second kappa shape index (κ2) is 5.26. The van der Waals surface area contributed by atoms with Crippen LogP contribution in [0.4, 0.5) is 0 Å². The van der Waals surface area contributed by atoms with E-state index in [-0.39, 0.29) is 6.04 Å². The van der Waals surface area contributed by atoms with Crippen LogP contribution in [-0.2, 0) is 6.42 Å². The zero-order valence-corrected chi connectivity index (χ0v) is 12.2. The van der Waals surface area contributed by atoms with Crippen LogP contribution in [0, 0.1) is 5.92 Å². The summed E-state index contributed by atoms with van der Waals surface area (Å²) in [6, 6.07) is 10.1. The molecule has 2 N–H and O–H groups in total. The Hall–Kier alpha value is -0.860. The van der Waals surface area contributed by atoms with Gasteiger partial charge < -0.3 is 5.73 Å². The Morgan fingerprint density at radius 2 is 1.95 bits per heavy atom. The quantitative estimate of drug-likeness (QED) is 0.838. The van der Waals surface area contributed by atoms with E-state index in [2.05, 4.69) is 43.0 Å². The maximum atomic E-state index is 6.59. The summed E-state index contributed by atoms with van der Waals surface area (Å²) in [6.45, 7) is 6.00. The van der Waals surface area contributed by atoms with Crippen molar-refractivity contribution in [2.24, 2.45) is 11.7 Å². The maximum Gasteiger partial charge on any atom is 0.0456 e. The summed E-state index contributed by atoms with van der Waals surface area (Å²) in [5.41, 5.74) is 9.43. The molecule has 4 atom stereocenters. The highest BCUT2D eigenvalue weighted by atomic mass is 15.2. The second-order valence-electron chi connectivity index (χ2n) is 6.43. The monoisotopic (exact) mass is 258 g/mol. The summed E-state index contributed by atoms with van der Waals surface area (Å²) in [7, 11) is 0. The topological polar surface area (TPSA) is 29.3 Å². The van der Waals surface area contributed by atoms with Crippen molar-refractivity contribution in [1.82, 2.24) is 4.90 Å². The van der Waals surface area contributed by atoms with Crippen molar-refractivity contribution >= 4 is 0 Å². The summed E-state index contributed by atoms with van der Waals surface area (Å²) in [6.07, 6.45) is 5.11. The van der Waals surface area contributed by atoms with Gasteiger partial charge in [-0.05, 0) is 56.2 Å². The lowest BCUT2D eigenvalue weighted by Crippen LogP contribution is -2.53. The van der Waals surface area contributed by atoms with Gasteiger partial charge in [0, 0.05) is 18.1 Å². The van der Waals surface area contributed by atoms with Crippen LogP contribution in [0.15, 0.2) is 24.3 Å². The number of hydrogen-bond donors (Lipinski definition) is 1. The molecule has 1 saturated heterocycles. The van der Waals surface area contributed by atoms with Crippen molar-refractivity contribution in [3.63, 3.8) is 0 Å². The summed E-state index contributed by atoms with van der Waals surface area (Å²) < 4.78 is 0. The van der Waals surface area contributed by atoms with Gasteiger partial charge in [-0.25, -0.2) is 0 Å². The summed E-state index contributed by atoms with van der Waals surface area (Å²) in [5.74, 6) is 0.804. The van der Waals surface area contributed by atoms with Crippen molar-refractivity contribution < 1.29 is 0 Å². The van der Waals surface area contributed by atoms with Gasteiger partial charge in [0.2, 0.25) is 0 Å². The molecule has 1 heterocycles. The third-order valence-corrected chi connectivity index (χ3v) is 5.39. The van der Waals surface area contributed by atoms with E-state index >= 15 is 0 Å². The molecule has 1 aromatic carbocycles. The Bertz CT molecular complexity index is 443. The van der Waals surface area contributed by atoms with Gasteiger partial charge in [0.15, 0.2) is 0 Å². The van der Waals surface area contributed by atoms with Crippen molar-refractivity contribution in [3.05, 3.63) is 35.4 Å². The van der Waals surface area contributed by atoms with Crippen LogP contribution in [0.1, 0.15) is 50.3 Å². The zero-order valence-electron chi connectivity index (χ0n) is 12.2. The molecule has 2 aliphatic rings. The van der Waals surface area contributed by atoms with Crippen LogP contribution in [0.5, 0.6) is 0 Å². The minimum atomic E-state index is 0.192. The van der Waals surface area contributed by atoms with Gasteiger partial charge in [0.25, 0.3) is 0 Å². The molecule has 0 aromatic heterocycles. The second-order valence-corrected chi connectivity index (χ2v) is 6.43. The third kappa shape index (κ3) is 2.32. The SMILES string of the molecule is CC1CCCN(C2CCc3ccccc3C2N)C1C. The number of likely N-dealkylation sites (tertiary alicyclic amines) is 1. The molecule has 1 fully saturated rings. The van der Waals surface area contributed by atoms with E-state index in [4.69, 9.17) is 5.73 Å². The van der Waals surface area contributed by atoms with Gasteiger partial charge in [-0.1, -0.05) is 31.2 Å². The Kier molecular flexibility index (Phi) is 3.64. The summed E-state index contributed by atoms with van der Waals surface area (Å²) in [5, 5.41) is 0. The van der Waals surface area contributed by atoms with E-state index in [0.717, 1.165) is 5.92 Å². The van der Waals surface area contributed by atoms with Crippen LogP contribution >= 0.6 is 0 Å². The fourth-order valence-corrected chi connectivity index (χ4v) is 3.98. The molecule has 104 valence electrons. The maximum absolute atomic E-state index is 6.59. The van der Waals surface area contributed by atoms with E-state index in [1.165, 1.54) is 43.4 Å². The largest absolute Gasteiger partial charge is 0.323 e. The first kappa shape index (κ1) is 13.1. The minimum Gasteiger partial charge on any atom is -0.323 e. The minimum absolute atomic E-state index is 0.192. The molecule has 0 amide bonds. The van der Waals surface area contributed by atoms with Gasteiger partial charge in [0.1, 0.15) is 0 Å². The predicted molar refractivity (Wildman–Crippen MR) is 80.0 cm³/mol. The summed E-state index contributed by atoms with van der Waals surface area (Å²) in [4.78, 5) is 2.69. The first-order valence-corrected chi connectivity index (χ1v) is 7.77. The standard InChI is InChI=1S/C17H26N2/c1-12-6-5-11-19(13(12)2)16-10-9-14-7-3-4-8-15(14)17(16)18/h3-4,7-8,12-13,16-17H,5-6,9-11,18H2,1-2H3. The lowest BCUT2D eigenvalue weighted by Gasteiger charge is -2.47. The molecule has 2 nitrogen and oxygen atoms in total. The van der Waals surface area contributed by atoms with Gasteiger partial charge in [-0.2, -0.15) is 0 Å². The number of nitrogens with two attached hydrogens (primary N) is 1. The predicted octanol–water partition coefficient (Wildman–Crippen LogP) is 3.12. The van der Waals surface area contributed by atoms with Crippen LogP contribution in [0.2, 0.25) is 0 Å². The number of nitrogens with zero attached hydrogens (tertiary/aromatic N) is 1. The number of hydrogen-bond acceptors (Lipinski definition) is 2. The highest BCUT2D eigenvalue weighted by Gasteiger charge is 2.36. The average molecular weight is 258 g/mol. The van der Waals surface area contributed by atoms with E-state index < -0.39 is 0 Å². The van der Waals surface area contributed by atoms with Crippen molar-refractivity contribution in [2.75, 3.05) is 6.54 Å². The van der Waals surface area contributed by atoms with Gasteiger partial charge in [-0.15, -0.1) is 0 Å². The molecule has 4 unspecified atom stereocenters. The fourth-order valence-electron chi connectivity index (χ4n) is 3.98. The number of rotatable bonds is 1. The molecule has 0 bridgehead atoms. The fraction of sp³-hybridized carbons (Fsp3) is 0.647. The van der Waals surface area contributed by atoms with E-state index in [1.807, 2.05) is 0 Å². The van der Waals surface area contributed by atoms with E-state index in [1.54, 1.807) is 0 Å². The molecule has 1 aliphatic carbocycles. The lowest BCUT2D eigenvalue weighted by molar-refractivity contribution is 0.0485. The Morgan fingerprint density at radius 3 is 2.79 bits per heavy atom. The first-order valence-electron chi connectivity index (χ1n) is 7.77. The van der Waals surface area contributed by atoms with Crippen molar-refractivity contribution in [3.8, 4) is 0 Å².